The molecular weight excluding hydrogens is 499 g/mol. The Morgan fingerprint density at radius 2 is 2.09 bits per heavy atom. The van der Waals surface area contributed by atoms with Gasteiger partial charge < -0.3 is 4.74 Å². The zero-order valence-corrected chi connectivity index (χ0v) is 21.4. The van der Waals surface area contributed by atoms with Gasteiger partial charge in [-0.05, 0) is 57.1 Å². The molecule has 6 nitrogen and oxygen atoms in total. The fourth-order valence-electron chi connectivity index (χ4n) is 3.12. The summed E-state index contributed by atoms with van der Waals surface area (Å²) in [6.45, 7) is 3.09. The molecule has 32 heavy (non-hydrogen) atoms. The van der Waals surface area contributed by atoms with Crippen molar-refractivity contribution >= 4 is 37.3 Å². The Morgan fingerprint density at radius 1 is 1.38 bits per heavy atom. The number of benzene rings is 1. The second-order valence-electron chi connectivity index (χ2n) is 8.29. The standard InChI is InChI=1S/C23H30BrFN2O4S/c1-23(11-12-24,32(4,29)30)22(28)31-17-27-14-9-18(10-15-27)20-8-7-19(21(25)16-20)6-5-13-26(2)3/h7-9,16H,10-15,17H2,1-4H3. The van der Waals surface area contributed by atoms with E-state index in [1.54, 1.807) is 6.07 Å². The largest absolute Gasteiger partial charge is 0.448 e. The summed E-state index contributed by atoms with van der Waals surface area (Å²) < 4.78 is 42.4. The molecule has 0 radical (unpaired) electrons. The highest BCUT2D eigenvalue weighted by Gasteiger charge is 2.44. The van der Waals surface area contributed by atoms with Crippen molar-refractivity contribution in [1.29, 1.82) is 0 Å². The van der Waals surface area contributed by atoms with Gasteiger partial charge in [-0.25, -0.2) is 12.8 Å². The minimum absolute atomic E-state index is 0.00473. The number of sulfone groups is 1. The summed E-state index contributed by atoms with van der Waals surface area (Å²) in [5.74, 6) is 4.69. The van der Waals surface area contributed by atoms with Crippen LogP contribution in [0.15, 0.2) is 24.3 Å². The van der Waals surface area contributed by atoms with E-state index in [2.05, 4.69) is 27.8 Å². The SMILES string of the molecule is CN(C)CC#Cc1ccc(C2=CCN(COC(=O)C(C)(CCBr)S(C)(=O)=O)CC2)cc1F. The van der Waals surface area contributed by atoms with E-state index in [1.165, 1.54) is 13.0 Å². The van der Waals surface area contributed by atoms with Crippen LogP contribution in [0.2, 0.25) is 0 Å². The maximum atomic E-state index is 14.4. The van der Waals surface area contributed by atoms with Gasteiger partial charge in [0.15, 0.2) is 14.6 Å². The van der Waals surface area contributed by atoms with Gasteiger partial charge in [-0.1, -0.05) is 39.9 Å². The lowest BCUT2D eigenvalue weighted by atomic mass is 9.98. The minimum atomic E-state index is -3.62. The first-order chi connectivity index (χ1) is 15.0. The predicted octanol–water partition coefficient (Wildman–Crippen LogP) is 2.92. The molecule has 0 aromatic heterocycles. The molecule has 9 heteroatoms. The van der Waals surface area contributed by atoms with Crippen LogP contribution in [0.25, 0.3) is 5.57 Å². The maximum absolute atomic E-state index is 14.4. The van der Waals surface area contributed by atoms with Crippen molar-refractivity contribution < 1.29 is 22.3 Å². The van der Waals surface area contributed by atoms with Crippen molar-refractivity contribution in [3.63, 3.8) is 0 Å². The number of esters is 1. The highest BCUT2D eigenvalue weighted by molar-refractivity contribution is 9.09. The Bertz CT molecular complexity index is 1030. The van der Waals surface area contributed by atoms with E-state index in [4.69, 9.17) is 4.74 Å². The second kappa shape index (κ2) is 11.4. The Morgan fingerprint density at radius 3 is 2.62 bits per heavy atom. The number of carbonyl (C=O) groups is 1. The number of hydrogen-bond acceptors (Lipinski definition) is 6. The number of halogens is 2. The van der Waals surface area contributed by atoms with Gasteiger partial charge in [-0.3, -0.25) is 14.6 Å². The molecule has 1 aliphatic rings. The van der Waals surface area contributed by atoms with Crippen molar-refractivity contribution in [3.8, 4) is 11.8 Å². The summed E-state index contributed by atoms with van der Waals surface area (Å²) in [6, 6.07) is 5.05. The van der Waals surface area contributed by atoms with E-state index in [0.29, 0.717) is 36.9 Å². The third-order valence-corrected chi connectivity index (χ3v) is 7.86. The highest BCUT2D eigenvalue weighted by atomic mass is 79.9. The first-order valence-electron chi connectivity index (χ1n) is 10.3. The fourth-order valence-corrected chi connectivity index (χ4v) is 5.01. The van der Waals surface area contributed by atoms with E-state index in [-0.39, 0.29) is 19.0 Å². The molecule has 0 saturated carbocycles. The summed E-state index contributed by atoms with van der Waals surface area (Å²) in [5, 5.41) is 0.373. The van der Waals surface area contributed by atoms with Crippen LogP contribution in [0, 0.1) is 17.7 Å². The lowest BCUT2D eigenvalue weighted by molar-refractivity contribution is -0.151. The highest BCUT2D eigenvalue weighted by Crippen LogP contribution is 2.26. The molecular formula is C23H30BrFN2O4S. The molecule has 0 N–H and O–H groups in total. The third-order valence-electron chi connectivity index (χ3n) is 5.45. The second-order valence-corrected chi connectivity index (χ2v) is 11.5. The lowest BCUT2D eigenvalue weighted by Crippen LogP contribution is -2.46. The van der Waals surface area contributed by atoms with Crippen LogP contribution >= 0.6 is 15.9 Å². The van der Waals surface area contributed by atoms with E-state index in [1.807, 2.05) is 36.0 Å². The summed E-state index contributed by atoms with van der Waals surface area (Å²) in [6.07, 6.45) is 3.81. The lowest BCUT2D eigenvalue weighted by Gasteiger charge is -2.29. The van der Waals surface area contributed by atoms with Crippen LogP contribution in [0.4, 0.5) is 4.39 Å². The van der Waals surface area contributed by atoms with Crippen LogP contribution in [-0.4, -0.2) is 81.0 Å². The van der Waals surface area contributed by atoms with Crippen molar-refractivity contribution in [2.75, 3.05) is 52.0 Å². The van der Waals surface area contributed by atoms with Gasteiger partial charge in [0.1, 0.15) is 12.5 Å². The monoisotopic (exact) mass is 528 g/mol. The van der Waals surface area contributed by atoms with Gasteiger partial charge in [0.2, 0.25) is 0 Å². The van der Waals surface area contributed by atoms with Gasteiger partial charge in [0.25, 0.3) is 0 Å². The predicted molar refractivity (Wildman–Crippen MR) is 129 cm³/mol. The topological polar surface area (TPSA) is 66.9 Å². The van der Waals surface area contributed by atoms with E-state index in [9.17, 15) is 17.6 Å². The molecule has 1 unspecified atom stereocenters. The van der Waals surface area contributed by atoms with Crippen LogP contribution in [0.1, 0.15) is 30.9 Å². The van der Waals surface area contributed by atoms with Gasteiger partial charge in [-0.15, -0.1) is 0 Å². The number of rotatable bonds is 8. The van der Waals surface area contributed by atoms with E-state index >= 15 is 0 Å². The minimum Gasteiger partial charge on any atom is -0.448 e. The molecule has 0 aliphatic carbocycles. The zero-order chi connectivity index (χ0) is 23.9. The third kappa shape index (κ3) is 6.88. The number of nitrogens with zero attached hydrogens (tertiary/aromatic N) is 2. The first kappa shape index (κ1) is 26.5. The summed E-state index contributed by atoms with van der Waals surface area (Å²) >= 11 is 3.20. The van der Waals surface area contributed by atoms with Crippen LogP contribution < -0.4 is 0 Å². The molecule has 1 aromatic rings. The van der Waals surface area contributed by atoms with Gasteiger partial charge >= 0.3 is 5.97 Å². The molecule has 0 bridgehead atoms. The normalized spacial score (nSPS) is 16.7. The van der Waals surface area contributed by atoms with Gasteiger partial charge in [0, 0.05) is 24.7 Å². The molecule has 176 valence electrons. The van der Waals surface area contributed by atoms with Crippen LogP contribution in [0.3, 0.4) is 0 Å². The molecule has 0 spiro atoms. The summed E-state index contributed by atoms with van der Waals surface area (Å²) in [5.41, 5.74) is 2.19. The van der Waals surface area contributed by atoms with Gasteiger partial charge in [-0.2, -0.15) is 0 Å². The van der Waals surface area contributed by atoms with Crippen molar-refractivity contribution in [2.24, 2.45) is 0 Å². The molecule has 0 saturated heterocycles. The Labute approximate surface area is 198 Å². The van der Waals surface area contributed by atoms with E-state index < -0.39 is 20.6 Å². The number of alkyl halides is 1. The average Bonchev–Trinajstić information content (AvgIpc) is 2.72. The Hall–Kier alpha value is -1.73. The molecule has 2 rings (SSSR count). The smallest absolute Gasteiger partial charge is 0.328 e. The van der Waals surface area contributed by atoms with Crippen molar-refractivity contribution in [3.05, 3.63) is 41.2 Å². The number of ether oxygens (including phenoxy) is 1. The van der Waals surface area contributed by atoms with Crippen LogP contribution in [-0.2, 0) is 19.4 Å². The Kier molecular flexibility index (Phi) is 9.46. The fraction of sp³-hybridized carbons (Fsp3) is 0.522. The number of carbonyl (C=O) groups excluding carboxylic acids is 1. The summed E-state index contributed by atoms with van der Waals surface area (Å²) in [7, 11) is 0.185. The Balaban J connectivity index is 1.99. The molecule has 0 fully saturated rings. The molecule has 0 amide bonds. The molecule has 1 atom stereocenters. The van der Waals surface area contributed by atoms with Crippen molar-refractivity contribution in [1.82, 2.24) is 9.80 Å². The number of hydrogen-bond donors (Lipinski definition) is 0. The summed E-state index contributed by atoms with van der Waals surface area (Å²) in [4.78, 5) is 16.3. The zero-order valence-electron chi connectivity index (χ0n) is 19.0. The molecule has 1 aliphatic heterocycles. The average molecular weight is 529 g/mol. The molecule has 1 heterocycles. The quantitative estimate of drug-likeness (QED) is 0.293. The molecule has 1 aromatic carbocycles. The van der Waals surface area contributed by atoms with E-state index in [0.717, 1.165) is 17.4 Å². The maximum Gasteiger partial charge on any atom is 0.328 e. The van der Waals surface area contributed by atoms with Crippen LogP contribution in [0.5, 0.6) is 0 Å². The van der Waals surface area contributed by atoms with Gasteiger partial charge in [0.05, 0.1) is 12.1 Å². The van der Waals surface area contributed by atoms with Crippen molar-refractivity contribution in [2.45, 2.75) is 24.5 Å². The first-order valence-corrected chi connectivity index (χ1v) is 13.3.